The molecule has 1 aromatic rings. The van der Waals surface area contributed by atoms with E-state index in [4.69, 9.17) is 0 Å². The van der Waals surface area contributed by atoms with Gasteiger partial charge >= 0.3 is 0 Å². The highest BCUT2D eigenvalue weighted by Crippen LogP contribution is 2.24. The molecule has 0 aliphatic carbocycles. The van der Waals surface area contributed by atoms with Gasteiger partial charge in [0.15, 0.2) is 0 Å². The molecule has 0 radical (unpaired) electrons. The van der Waals surface area contributed by atoms with E-state index in [2.05, 4.69) is 39.1 Å². The number of hydrogen-bond donors (Lipinski definition) is 2. The van der Waals surface area contributed by atoms with Gasteiger partial charge in [-0.2, -0.15) is 0 Å². The monoisotopic (exact) mass is 249 g/mol. The van der Waals surface area contributed by atoms with Crippen molar-refractivity contribution in [3.05, 3.63) is 29.8 Å². The molecule has 1 aromatic carbocycles. The summed E-state index contributed by atoms with van der Waals surface area (Å²) in [5.41, 5.74) is 1.52. The Kier molecular flexibility index (Phi) is 5.67. The first-order chi connectivity index (χ1) is 8.43. The molecule has 0 aromatic heterocycles. The van der Waals surface area contributed by atoms with Crippen LogP contribution in [-0.4, -0.2) is 17.7 Å². The lowest BCUT2D eigenvalue weighted by Crippen LogP contribution is -2.40. The van der Waals surface area contributed by atoms with Gasteiger partial charge < -0.3 is 10.4 Å². The van der Waals surface area contributed by atoms with Crippen molar-refractivity contribution in [2.75, 3.05) is 6.54 Å². The molecule has 0 fully saturated rings. The summed E-state index contributed by atoms with van der Waals surface area (Å²) in [5.74, 6) is 0.367. The maximum absolute atomic E-state index is 9.42. The summed E-state index contributed by atoms with van der Waals surface area (Å²) < 4.78 is 0. The highest BCUT2D eigenvalue weighted by molar-refractivity contribution is 5.27. The molecule has 0 bridgehead atoms. The molecule has 1 unspecified atom stereocenters. The van der Waals surface area contributed by atoms with E-state index < -0.39 is 0 Å². The van der Waals surface area contributed by atoms with Gasteiger partial charge in [-0.1, -0.05) is 39.8 Å². The SMILES string of the molecule is CCNC(CCCc1cccc(O)c1)C(C)(C)C. The van der Waals surface area contributed by atoms with E-state index in [-0.39, 0.29) is 0 Å². The van der Waals surface area contributed by atoms with Crippen LogP contribution in [0.1, 0.15) is 46.1 Å². The third-order valence-electron chi connectivity index (χ3n) is 3.36. The van der Waals surface area contributed by atoms with Crippen molar-refractivity contribution in [3.8, 4) is 5.75 Å². The molecule has 0 saturated heterocycles. The Hall–Kier alpha value is -1.02. The fourth-order valence-corrected chi connectivity index (χ4v) is 2.31. The summed E-state index contributed by atoms with van der Waals surface area (Å²) in [4.78, 5) is 0. The van der Waals surface area contributed by atoms with E-state index in [1.54, 1.807) is 6.07 Å². The Bertz CT molecular complexity index is 354. The van der Waals surface area contributed by atoms with Crippen LogP contribution in [0.4, 0.5) is 0 Å². The van der Waals surface area contributed by atoms with Crippen LogP contribution >= 0.6 is 0 Å². The zero-order valence-electron chi connectivity index (χ0n) is 12.2. The van der Waals surface area contributed by atoms with Gasteiger partial charge in [0, 0.05) is 6.04 Å². The topological polar surface area (TPSA) is 32.3 Å². The van der Waals surface area contributed by atoms with Crippen LogP contribution in [0.25, 0.3) is 0 Å². The normalized spacial score (nSPS) is 13.6. The Morgan fingerprint density at radius 1 is 1.28 bits per heavy atom. The van der Waals surface area contributed by atoms with Gasteiger partial charge in [0.05, 0.1) is 0 Å². The van der Waals surface area contributed by atoms with Gasteiger partial charge in [0.2, 0.25) is 0 Å². The average Bonchev–Trinajstić information content (AvgIpc) is 2.27. The van der Waals surface area contributed by atoms with E-state index in [1.807, 2.05) is 12.1 Å². The summed E-state index contributed by atoms with van der Waals surface area (Å²) in [6, 6.07) is 8.13. The number of rotatable bonds is 6. The first kappa shape index (κ1) is 15.0. The zero-order chi connectivity index (χ0) is 13.6. The van der Waals surface area contributed by atoms with Crippen molar-refractivity contribution in [3.63, 3.8) is 0 Å². The number of hydrogen-bond acceptors (Lipinski definition) is 2. The minimum absolute atomic E-state index is 0.300. The molecule has 2 N–H and O–H groups in total. The summed E-state index contributed by atoms with van der Waals surface area (Å²) >= 11 is 0. The third kappa shape index (κ3) is 5.09. The van der Waals surface area contributed by atoms with Crippen LogP contribution in [0.15, 0.2) is 24.3 Å². The second-order valence-corrected chi connectivity index (χ2v) is 6.04. The molecule has 2 heteroatoms. The molecule has 0 heterocycles. The van der Waals surface area contributed by atoms with Gasteiger partial charge in [-0.25, -0.2) is 0 Å². The van der Waals surface area contributed by atoms with Crippen molar-refractivity contribution in [1.29, 1.82) is 0 Å². The van der Waals surface area contributed by atoms with E-state index >= 15 is 0 Å². The minimum Gasteiger partial charge on any atom is -0.508 e. The molecule has 0 aliphatic rings. The lowest BCUT2D eigenvalue weighted by atomic mass is 9.83. The predicted molar refractivity (Wildman–Crippen MR) is 78.0 cm³/mol. The molecule has 0 saturated carbocycles. The number of benzene rings is 1. The first-order valence-electron chi connectivity index (χ1n) is 6.94. The summed E-state index contributed by atoms with van der Waals surface area (Å²) in [6.45, 7) is 10.0. The lowest BCUT2D eigenvalue weighted by Gasteiger charge is -2.31. The van der Waals surface area contributed by atoms with Crippen molar-refractivity contribution in [2.24, 2.45) is 5.41 Å². The second-order valence-electron chi connectivity index (χ2n) is 6.04. The van der Waals surface area contributed by atoms with Crippen LogP contribution in [0.5, 0.6) is 5.75 Å². The lowest BCUT2D eigenvalue weighted by molar-refractivity contribution is 0.254. The molecular formula is C16H27NO. The zero-order valence-corrected chi connectivity index (χ0v) is 12.2. The van der Waals surface area contributed by atoms with Crippen molar-refractivity contribution in [1.82, 2.24) is 5.32 Å². The molecule has 2 nitrogen and oxygen atoms in total. The van der Waals surface area contributed by atoms with Gasteiger partial charge in [0.25, 0.3) is 0 Å². The van der Waals surface area contributed by atoms with Crippen LogP contribution in [0.2, 0.25) is 0 Å². The third-order valence-corrected chi connectivity index (χ3v) is 3.36. The van der Waals surface area contributed by atoms with Crippen LogP contribution in [0, 0.1) is 5.41 Å². The molecule has 1 rings (SSSR count). The molecule has 18 heavy (non-hydrogen) atoms. The van der Waals surface area contributed by atoms with E-state index in [9.17, 15) is 5.11 Å². The largest absolute Gasteiger partial charge is 0.508 e. The minimum atomic E-state index is 0.300. The predicted octanol–water partition coefficient (Wildman–Crippen LogP) is 3.74. The van der Waals surface area contributed by atoms with E-state index in [0.29, 0.717) is 17.2 Å². The van der Waals surface area contributed by atoms with Crippen LogP contribution in [0.3, 0.4) is 0 Å². The van der Waals surface area contributed by atoms with Gasteiger partial charge in [-0.3, -0.25) is 0 Å². The molecule has 0 spiro atoms. The maximum Gasteiger partial charge on any atom is 0.115 e. The molecule has 0 aliphatic heterocycles. The molecule has 0 amide bonds. The molecular weight excluding hydrogens is 222 g/mol. The Morgan fingerprint density at radius 2 is 2.00 bits per heavy atom. The first-order valence-corrected chi connectivity index (χ1v) is 6.94. The quantitative estimate of drug-likeness (QED) is 0.805. The number of aromatic hydroxyl groups is 1. The Morgan fingerprint density at radius 3 is 2.56 bits per heavy atom. The number of aryl methyl sites for hydroxylation is 1. The highest BCUT2D eigenvalue weighted by atomic mass is 16.3. The summed E-state index contributed by atoms with van der Waals surface area (Å²) in [6.07, 6.45) is 3.36. The Labute approximate surface area is 111 Å². The van der Waals surface area contributed by atoms with Gasteiger partial charge in [0.1, 0.15) is 5.75 Å². The van der Waals surface area contributed by atoms with E-state index in [1.165, 1.54) is 12.0 Å². The van der Waals surface area contributed by atoms with Crippen LogP contribution < -0.4 is 5.32 Å². The number of nitrogens with one attached hydrogen (secondary N) is 1. The van der Waals surface area contributed by atoms with Crippen molar-refractivity contribution < 1.29 is 5.11 Å². The molecule has 1 atom stereocenters. The summed E-state index contributed by atoms with van der Waals surface area (Å²) in [5, 5.41) is 13.0. The Balaban J connectivity index is 2.44. The van der Waals surface area contributed by atoms with Crippen molar-refractivity contribution >= 4 is 0 Å². The number of phenols is 1. The number of phenolic OH excluding ortho intramolecular Hbond substituents is 1. The molecule has 102 valence electrons. The maximum atomic E-state index is 9.42. The van der Waals surface area contributed by atoms with Gasteiger partial charge in [-0.05, 0) is 48.9 Å². The van der Waals surface area contributed by atoms with E-state index in [0.717, 1.165) is 19.4 Å². The smallest absolute Gasteiger partial charge is 0.115 e. The summed E-state index contributed by atoms with van der Waals surface area (Å²) in [7, 11) is 0. The van der Waals surface area contributed by atoms with Crippen molar-refractivity contribution in [2.45, 2.75) is 53.0 Å². The second kappa shape index (κ2) is 6.79. The highest BCUT2D eigenvalue weighted by Gasteiger charge is 2.22. The fraction of sp³-hybridized carbons (Fsp3) is 0.625. The average molecular weight is 249 g/mol. The standard InChI is InChI=1S/C16H27NO/c1-5-17-15(16(2,3)4)11-7-9-13-8-6-10-14(18)12-13/h6,8,10,12,15,17-18H,5,7,9,11H2,1-4H3. The van der Waals surface area contributed by atoms with Crippen LogP contribution in [-0.2, 0) is 6.42 Å². The fourth-order valence-electron chi connectivity index (χ4n) is 2.31. The van der Waals surface area contributed by atoms with Gasteiger partial charge in [-0.15, -0.1) is 0 Å².